The highest BCUT2D eigenvalue weighted by Gasteiger charge is 2.30. The van der Waals surface area contributed by atoms with Crippen LogP contribution in [0.1, 0.15) is 29.7 Å². The van der Waals surface area contributed by atoms with E-state index in [1.54, 1.807) is 24.3 Å². The summed E-state index contributed by atoms with van der Waals surface area (Å²) in [7, 11) is 0. The van der Waals surface area contributed by atoms with Gasteiger partial charge in [-0.15, -0.1) is 0 Å². The maximum absolute atomic E-state index is 13.5. The van der Waals surface area contributed by atoms with E-state index in [1.807, 2.05) is 31.2 Å². The first-order valence-corrected chi connectivity index (χ1v) is 9.81. The Kier molecular flexibility index (Phi) is 4.86. The van der Waals surface area contributed by atoms with E-state index in [1.165, 1.54) is 12.1 Å². The van der Waals surface area contributed by atoms with Gasteiger partial charge in [-0.25, -0.2) is 4.39 Å². The Morgan fingerprint density at radius 2 is 1.70 bits per heavy atom. The van der Waals surface area contributed by atoms with Crippen molar-refractivity contribution in [2.75, 3.05) is 0 Å². The summed E-state index contributed by atoms with van der Waals surface area (Å²) in [6.07, 6.45) is -0.361. The molecule has 27 heavy (non-hydrogen) atoms. The van der Waals surface area contributed by atoms with Gasteiger partial charge in [0.05, 0.1) is 5.02 Å². The van der Waals surface area contributed by atoms with Gasteiger partial charge in [0, 0.05) is 20.8 Å². The minimum absolute atomic E-state index is 0.00420. The highest BCUT2D eigenvalue weighted by atomic mass is 127. The zero-order valence-corrected chi connectivity index (χ0v) is 17.3. The third kappa shape index (κ3) is 3.44. The fraction of sp³-hybridized carbons (Fsp3) is 0.0909. The highest BCUT2D eigenvalue weighted by molar-refractivity contribution is 14.1. The molecule has 0 amide bonds. The van der Waals surface area contributed by atoms with E-state index in [0.29, 0.717) is 5.75 Å². The fourth-order valence-corrected chi connectivity index (χ4v) is 3.84. The smallest absolute Gasteiger partial charge is 0.150 e. The molecule has 0 aromatic heterocycles. The lowest BCUT2D eigenvalue weighted by Crippen LogP contribution is -2.16. The van der Waals surface area contributed by atoms with Gasteiger partial charge in [0.1, 0.15) is 23.4 Å². The lowest BCUT2D eigenvalue weighted by molar-refractivity contribution is 0.259. The van der Waals surface area contributed by atoms with Crippen molar-refractivity contribution in [3.8, 4) is 11.5 Å². The lowest BCUT2D eigenvalue weighted by Gasteiger charge is -2.31. The van der Waals surface area contributed by atoms with Crippen LogP contribution in [0.5, 0.6) is 11.5 Å². The Morgan fingerprint density at radius 1 is 1.04 bits per heavy atom. The molecule has 0 fully saturated rings. The van der Waals surface area contributed by atoms with Crippen LogP contribution in [0.3, 0.4) is 0 Å². The van der Waals surface area contributed by atoms with Crippen LogP contribution in [-0.4, -0.2) is 5.11 Å². The number of phenolic OH excluding ortho intramolecular Hbond substituents is 1. The number of rotatable bonds is 2. The Morgan fingerprint density at radius 3 is 2.37 bits per heavy atom. The third-order valence-electron chi connectivity index (χ3n) is 4.69. The first kappa shape index (κ1) is 18.3. The van der Waals surface area contributed by atoms with E-state index in [0.717, 1.165) is 31.4 Å². The van der Waals surface area contributed by atoms with E-state index in [-0.39, 0.29) is 22.7 Å². The highest BCUT2D eigenvalue weighted by Crippen LogP contribution is 2.48. The molecule has 4 rings (SSSR count). The van der Waals surface area contributed by atoms with Gasteiger partial charge in [-0.2, -0.15) is 0 Å². The number of fused-ring (bicyclic) bond motifs is 1. The van der Waals surface area contributed by atoms with Crippen LogP contribution in [0.25, 0.3) is 11.1 Å². The molecule has 1 atom stereocenters. The van der Waals surface area contributed by atoms with Crippen LogP contribution in [0.15, 0.2) is 60.7 Å². The van der Waals surface area contributed by atoms with Crippen molar-refractivity contribution in [1.29, 1.82) is 0 Å². The Balaban J connectivity index is 1.94. The maximum atomic E-state index is 13.5. The molecule has 1 heterocycles. The summed E-state index contributed by atoms with van der Waals surface area (Å²) in [5.41, 5.74) is 4.53. The van der Waals surface area contributed by atoms with E-state index in [2.05, 4.69) is 22.6 Å². The molecule has 1 aliphatic heterocycles. The van der Waals surface area contributed by atoms with E-state index in [4.69, 9.17) is 16.3 Å². The molecule has 1 unspecified atom stereocenters. The first-order valence-electron chi connectivity index (χ1n) is 8.36. The molecule has 0 radical (unpaired) electrons. The summed E-state index contributed by atoms with van der Waals surface area (Å²) in [4.78, 5) is 0. The van der Waals surface area contributed by atoms with Crippen LogP contribution >= 0.6 is 34.2 Å². The number of ether oxygens (including phenoxy) is 1. The molecule has 0 bridgehead atoms. The Bertz CT molecular complexity index is 1040. The fourth-order valence-electron chi connectivity index (χ4n) is 3.33. The van der Waals surface area contributed by atoms with Crippen LogP contribution in [-0.2, 0) is 0 Å². The van der Waals surface area contributed by atoms with E-state index >= 15 is 0 Å². The summed E-state index contributed by atoms with van der Waals surface area (Å²) in [6.45, 7) is 1.98. The molecule has 0 spiro atoms. The average Bonchev–Trinajstić information content (AvgIpc) is 2.65. The molecule has 0 saturated carbocycles. The second kappa shape index (κ2) is 7.17. The van der Waals surface area contributed by atoms with Crippen LogP contribution in [0.2, 0.25) is 5.02 Å². The van der Waals surface area contributed by atoms with Gasteiger partial charge in [0.2, 0.25) is 0 Å². The van der Waals surface area contributed by atoms with Crippen molar-refractivity contribution in [1.82, 2.24) is 0 Å². The van der Waals surface area contributed by atoms with Gasteiger partial charge in [-0.3, -0.25) is 0 Å². The molecule has 1 aliphatic rings. The number of benzene rings is 3. The zero-order chi connectivity index (χ0) is 19.1. The third-order valence-corrected chi connectivity index (χ3v) is 5.71. The standard InChI is InChI=1S/C22H15ClFIO2/c1-12-17-10-19(26)18(23)11-20(17)27-22(14-4-8-16(25)9-5-14)21(12)13-2-6-15(24)7-3-13/h2-11,22,26H,1H3. The number of halogens is 3. The molecule has 0 saturated heterocycles. The van der Waals surface area contributed by atoms with E-state index < -0.39 is 0 Å². The summed E-state index contributed by atoms with van der Waals surface area (Å²) >= 11 is 8.35. The molecule has 136 valence electrons. The van der Waals surface area contributed by atoms with Crippen molar-refractivity contribution < 1.29 is 14.2 Å². The van der Waals surface area contributed by atoms with E-state index in [9.17, 15) is 9.50 Å². The minimum Gasteiger partial charge on any atom is -0.506 e. The number of phenols is 1. The molecule has 1 N–H and O–H groups in total. The second-order valence-corrected chi connectivity index (χ2v) is 8.05. The average molecular weight is 493 g/mol. The van der Waals surface area contributed by atoms with Gasteiger partial charge >= 0.3 is 0 Å². The summed E-state index contributed by atoms with van der Waals surface area (Å²) < 4.78 is 20.9. The maximum Gasteiger partial charge on any atom is 0.150 e. The molecule has 2 nitrogen and oxygen atoms in total. The number of hydrogen-bond acceptors (Lipinski definition) is 2. The SMILES string of the molecule is CC1=C(c2ccc(F)cc2)C(c2ccc(I)cc2)Oc2cc(Cl)c(O)cc21. The second-order valence-electron chi connectivity index (χ2n) is 6.39. The summed E-state index contributed by atoms with van der Waals surface area (Å²) in [5.74, 6) is 0.332. The summed E-state index contributed by atoms with van der Waals surface area (Å²) in [5, 5.41) is 10.3. The minimum atomic E-state index is -0.361. The molecule has 3 aromatic rings. The van der Waals surface area contributed by atoms with Crippen molar-refractivity contribution in [2.24, 2.45) is 0 Å². The summed E-state index contributed by atoms with van der Waals surface area (Å²) in [6, 6.07) is 17.7. The van der Waals surface area contributed by atoms with Crippen molar-refractivity contribution in [2.45, 2.75) is 13.0 Å². The van der Waals surface area contributed by atoms with Crippen LogP contribution in [0.4, 0.5) is 4.39 Å². The zero-order valence-electron chi connectivity index (χ0n) is 14.3. The largest absolute Gasteiger partial charge is 0.506 e. The normalized spacial score (nSPS) is 16.1. The van der Waals surface area contributed by atoms with Gasteiger partial charge in [-0.1, -0.05) is 35.9 Å². The Hall–Kier alpha value is -2.05. The number of hydrogen-bond donors (Lipinski definition) is 1. The van der Waals surface area contributed by atoms with Gasteiger partial charge in [-0.05, 0) is 76.5 Å². The predicted molar refractivity (Wildman–Crippen MR) is 115 cm³/mol. The van der Waals surface area contributed by atoms with Gasteiger partial charge in [0.25, 0.3) is 0 Å². The number of allylic oxidation sites excluding steroid dienone is 1. The van der Waals surface area contributed by atoms with Crippen molar-refractivity contribution in [3.63, 3.8) is 0 Å². The van der Waals surface area contributed by atoms with Gasteiger partial charge < -0.3 is 9.84 Å². The van der Waals surface area contributed by atoms with Crippen molar-refractivity contribution in [3.05, 3.63) is 91.8 Å². The molecule has 5 heteroatoms. The van der Waals surface area contributed by atoms with Crippen LogP contribution < -0.4 is 4.74 Å². The molecular formula is C22H15ClFIO2. The van der Waals surface area contributed by atoms with Crippen molar-refractivity contribution >= 4 is 45.3 Å². The predicted octanol–water partition coefficient (Wildman–Crippen LogP) is 6.85. The Labute approximate surface area is 175 Å². The lowest BCUT2D eigenvalue weighted by atomic mass is 9.86. The monoisotopic (exact) mass is 492 g/mol. The quantitative estimate of drug-likeness (QED) is 0.396. The molecule has 3 aromatic carbocycles. The van der Waals surface area contributed by atoms with Gasteiger partial charge in [0.15, 0.2) is 0 Å². The topological polar surface area (TPSA) is 29.5 Å². The molecular weight excluding hydrogens is 478 g/mol. The first-order chi connectivity index (χ1) is 12.9. The number of aromatic hydroxyl groups is 1. The van der Waals surface area contributed by atoms with Crippen LogP contribution in [0, 0.1) is 9.39 Å². The molecule has 0 aliphatic carbocycles.